The summed E-state index contributed by atoms with van der Waals surface area (Å²) in [5, 5.41) is 0. The first-order chi connectivity index (χ1) is 7.38. The summed E-state index contributed by atoms with van der Waals surface area (Å²) in [5.41, 5.74) is 3.01. The summed E-state index contributed by atoms with van der Waals surface area (Å²) < 4.78 is 0.931. The summed E-state index contributed by atoms with van der Waals surface area (Å²) in [4.78, 5) is 16.7. The molecule has 0 saturated carbocycles. The predicted octanol–water partition coefficient (Wildman–Crippen LogP) is 2.84. The van der Waals surface area contributed by atoms with Gasteiger partial charge in [-0.25, -0.2) is 5.48 Å². The summed E-state index contributed by atoms with van der Waals surface area (Å²) in [7, 11) is 0. The molecule has 0 radical (unpaired) electrons. The van der Waals surface area contributed by atoms with Gasteiger partial charge >= 0.3 is 0 Å². The van der Waals surface area contributed by atoms with Crippen LogP contribution in [0.25, 0.3) is 0 Å². The number of hydrogen-bond donors (Lipinski definition) is 1. The highest BCUT2D eigenvalue weighted by Gasteiger charge is 2.13. The highest BCUT2D eigenvalue weighted by atomic mass is 79.9. The number of rotatable bonds is 3. The van der Waals surface area contributed by atoms with Crippen molar-refractivity contribution in [2.45, 2.75) is 32.8 Å². The van der Waals surface area contributed by atoms with Crippen LogP contribution in [0.1, 0.15) is 26.3 Å². The van der Waals surface area contributed by atoms with E-state index in [0.717, 1.165) is 10.0 Å². The molecule has 1 aromatic rings. The fourth-order valence-corrected chi connectivity index (χ4v) is 1.49. The number of halogens is 1. The molecule has 3 nitrogen and oxygen atoms in total. The van der Waals surface area contributed by atoms with Crippen molar-refractivity contribution in [2.24, 2.45) is 0 Å². The van der Waals surface area contributed by atoms with Crippen molar-refractivity contribution in [1.82, 2.24) is 5.48 Å². The van der Waals surface area contributed by atoms with Gasteiger partial charge in [0, 0.05) is 4.47 Å². The van der Waals surface area contributed by atoms with E-state index in [1.54, 1.807) is 0 Å². The molecule has 0 heterocycles. The van der Waals surface area contributed by atoms with E-state index in [1.165, 1.54) is 0 Å². The van der Waals surface area contributed by atoms with E-state index in [1.807, 2.05) is 45.0 Å². The minimum atomic E-state index is -0.371. The average Bonchev–Trinajstić information content (AvgIpc) is 2.18. The SMILES string of the molecule is CC(C)(C)ONC(=O)Cc1ccccc1Br. The maximum Gasteiger partial charge on any atom is 0.248 e. The molecule has 0 fully saturated rings. The lowest BCUT2D eigenvalue weighted by Crippen LogP contribution is -2.34. The molecular weight excluding hydrogens is 270 g/mol. The summed E-state index contributed by atoms with van der Waals surface area (Å²) >= 11 is 3.39. The predicted molar refractivity (Wildman–Crippen MR) is 66.8 cm³/mol. The largest absolute Gasteiger partial charge is 0.272 e. The molecule has 0 aromatic heterocycles. The van der Waals surface area contributed by atoms with Crippen molar-refractivity contribution in [3.63, 3.8) is 0 Å². The zero-order chi connectivity index (χ0) is 12.2. The lowest BCUT2D eigenvalue weighted by atomic mass is 10.1. The lowest BCUT2D eigenvalue weighted by molar-refractivity contribution is -0.144. The van der Waals surface area contributed by atoms with Gasteiger partial charge in [0.2, 0.25) is 5.91 Å². The van der Waals surface area contributed by atoms with Crippen molar-refractivity contribution < 1.29 is 9.63 Å². The molecule has 0 atom stereocenters. The van der Waals surface area contributed by atoms with Gasteiger partial charge in [0.25, 0.3) is 0 Å². The molecule has 0 aliphatic rings. The molecule has 1 aromatic carbocycles. The molecule has 0 saturated heterocycles. The summed E-state index contributed by atoms with van der Waals surface area (Å²) in [6, 6.07) is 7.63. The van der Waals surface area contributed by atoms with E-state index >= 15 is 0 Å². The van der Waals surface area contributed by atoms with Crippen LogP contribution in [0.5, 0.6) is 0 Å². The minimum absolute atomic E-state index is 0.151. The molecule has 1 N–H and O–H groups in total. The maximum absolute atomic E-state index is 11.6. The van der Waals surface area contributed by atoms with Gasteiger partial charge < -0.3 is 0 Å². The Kier molecular flexibility index (Phi) is 4.50. The molecule has 4 heteroatoms. The van der Waals surface area contributed by atoms with Crippen LogP contribution >= 0.6 is 15.9 Å². The molecule has 0 aliphatic carbocycles. The molecule has 0 unspecified atom stereocenters. The van der Waals surface area contributed by atoms with Crippen LogP contribution in [0.15, 0.2) is 28.7 Å². The first-order valence-electron chi connectivity index (χ1n) is 5.09. The Morgan fingerprint density at radius 2 is 2.00 bits per heavy atom. The number of amides is 1. The fraction of sp³-hybridized carbons (Fsp3) is 0.417. The standard InChI is InChI=1S/C12H16BrNO2/c1-12(2,3)16-14-11(15)8-9-6-4-5-7-10(9)13/h4-7H,8H2,1-3H3,(H,14,15). The summed E-state index contributed by atoms with van der Waals surface area (Å²) in [6.45, 7) is 5.64. The fourth-order valence-electron chi connectivity index (χ4n) is 1.06. The number of carbonyl (C=O) groups is 1. The van der Waals surface area contributed by atoms with Gasteiger partial charge in [0.1, 0.15) is 0 Å². The zero-order valence-corrected chi connectivity index (χ0v) is 11.3. The lowest BCUT2D eigenvalue weighted by Gasteiger charge is -2.19. The Labute approximate surface area is 104 Å². The summed E-state index contributed by atoms with van der Waals surface area (Å²) in [6.07, 6.45) is 0.303. The van der Waals surface area contributed by atoms with Gasteiger partial charge in [-0.15, -0.1) is 0 Å². The van der Waals surface area contributed by atoms with E-state index in [2.05, 4.69) is 21.4 Å². The van der Waals surface area contributed by atoms with Crippen LogP contribution in [0, 0.1) is 0 Å². The maximum atomic E-state index is 11.6. The number of carbonyl (C=O) groups excluding carboxylic acids is 1. The second-order valence-electron chi connectivity index (χ2n) is 4.51. The molecular formula is C12H16BrNO2. The first-order valence-corrected chi connectivity index (χ1v) is 5.88. The smallest absolute Gasteiger partial charge is 0.248 e. The monoisotopic (exact) mass is 285 g/mol. The van der Waals surface area contributed by atoms with Gasteiger partial charge in [-0.05, 0) is 32.4 Å². The van der Waals surface area contributed by atoms with Gasteiger partial charge in [-0.1, -0.05) is 34.1 Å². The quantitative estimate of drug-likeness (QED) is 0.868. The van der Waals surface area contributed by atoms with Crippen LogP contribution in [0.4, 0.5) is 0 Å². The second-order valence-corrected chi connectivity index (χ2v) is 5.36. The van der Waals surface area contributed by atoms with Gasteiger partial charge in [-0.3, -0.25) is 9.63 Å². The first kappa shape index (κ1) is 13.2. The van der Waals surface area contributed by atoms with Gasteiger partial charge in [0.05, 0.1) is 12.0 Å². The zero-order valence-electron chi connectivity index (χ0n) is 9.71. The number of hydroxylamine groups is 1. The van der Waals surface area contributed by atoms with Gasteiger partial charge in [-0.2, -0.15) is 0 Å². The second kappa shape index (κ2) is 5.46. The Balaban J connectivity index is 2.50. The third-order valence-electron chi connectivity index (χ3n) is 1.78. The topological polar surface area (TPSA) is 38.3 Å². The Morgan fingerprint density at radius 3 is 2.56 bits per heavy atom. The van der Waals surface area contributed by atoms with Crippen LogP contribution in [-0.4, -0.2) is 11.5 Å². The molecule has 1 amide bonds. The highest BCUT2D eigenvalue weighted by molar-refractivity contribution is 9.10. The van der Waals surface area contributed by atoms with Crippen LogP contribution in [-0.2, 0) is 16.1 Å². The Hall–Kier alpha value is -0.870. The van der Waals surface area contributed by atoms with Crippen molar-refractivity contribution in [3.8, 4) is 0 Å². The van der Waals surface area contributed by atoms with Crippen molar-refractivity contribution in [3.05, 3.63) is 34.3 Å². The molecule has 0 bridgehead atoms. The average molecular weight is 286 g/mol. The third kappa shape index (κ3) is 4.77. The van der Waals surface area contributed by atoms with E-state index in [0.29, 0.717) is 6.42 Å². The molecule has 16 heavy (non-hydrogen) atoms. The van der Waals surface area contributed by atoms with E-state index in [4.69, 9.17) is 4.84 Å². The normalized spacial score (nSPS) is 11.2. The van der Waals surface area contributed by atoms with E-state index < -0.39 is 0 Å². The van der Waals surface area contributed by atoms with Crippen LogP contribution in [0.3, 0.4) is 0 Å². The third-order valence-corrected chi connectivity index (χ3v) is 2.55. The van der Waals surface area contributed by atoms with Crippen molar-refractivity contribution in [1.29, 1.82) is 0 Å². The van der Waals surface area contributed by atoms with E-state index in [-0.39, 0.29) is 11.5 Å². The molecule has 1 rings (SSSR count). The summed E-state index contributed by atoms with van der Waals surface area (Å²) in [5.74, 6) is -0.151. The molecule has 0 spiro atoms. The number of hydrogen-bond acceptors (Lipinski definition) is 2. The van der Waals surface area contributed by atoms with E-state index in [9.17, 15) is 4.79 Å². The van der Waals surface area contributed by atoms with Crippen LogP contribution < -0.4 is 5.48 Å². The minimum Gasteiger partial charge on any atom is -0.272 e. The van der Waals surface area contributed by atoms with Crippen molar-refractivity contribution >= 4 is 21.8 Å². The number of benzene rings is 1. The Morgan fingerprint density at radius 1 is 1.38 bits per heavy atom. The highest BCUT2D eigenvalue weighted by Crippen LogP contribution is 2.16. The van der Waals surface area contributed by atoms with Crippen LogP contribution in [0.2, 0.25) is 0 Å². The number of nitrogens with one attached hydrogen (secondary N) is 1. The molecule has 88 valence electrons. The Bertz CT molecular complexity index is 372. The van der Waals surface area contributed by atoms with Gasteiger partial charge in [0.15, 0.2) is 0 Å². The van der Waals surface area contributed by atoms with Crippen molar-refractivity contribution in [2.75, 3.05) is 0 Å². The molecule has 0 aliphatic heterocycles.